The monoisotopic (exact) mass is 478 g/mol. The smallest absolute Gasteiger partial charge is 0.338 e. The van der Waals surface area contributed by atoms with E-state index in [4.69, 9.17) is 14.2 Å². The lowest BCUT2D eigenvalue weighted by Gasteiger charge is -2.25. The van der Waals surface area contributed by atoms with Crippen LogP contribution in [0.3, 0.4) is 0 Å². The van der Waals surface area contributed by atoms with Gasteiger partial charge in [-0.15, -0.1) is 0 Å². The number of methoxy groups -OCH3 is 2. The summed E-state index contributed by atoms with van der Waals surface area (Å²) in [4.78, 5) is 31.8. The molecule has 2 aromatic carbocycles. The van der Waals surface area contributed by atoms with E-state index in [0.29, 0.717) is 31.9 Å². The summed E-state index contributed by atoms with van der Waals surface area (Å²) in [5.41, 5.74) is 3.12. The van der Waals surface area contributed by atoms with E-state index in [9.17, 15) is 9.59 Å². The number of benzene rings is 2. The molecule has 0 radical (unpaired) electrons. The third-order valence-electron chi connectivity index (χ3n) is 5.68. The van der Waals surface area contributed by atoms with Gasteiger partial charge >= 0.3 is 5.97 Å². The van der Waals surface area contributed by atoms with E-state index in [-0.39, 0.29) is 12.2 Å². The third kappa shape index (κ3) is 4.17. The largest absolute Gasteiger partial charge is 0.496 e. The quantitative estimate of drug-likeness (QED) is 0.509. The zero-order chi connectivity index (χ0) is 24.4. The van der Waals surface area contributed by atoms with Gasteiger partial charge in [-0.3, -0.25) is 9.36 Å². The average molecular weight is 479 g/mol. The summed E-state index contributed by atoms with van der Waals surface area (Å²) < 4.78 is 18.4. The Morgan fingerprint density at radius 3 is 2.56 bits per heavy atom. The van der Waals surface area contributed by atoms with Gasteiger partial charge in [0.1, 0.15) is 17.5 Å². The summed E-state index contributed by atoms with van der Waals surface area (Å²) in [6.07, 6.45) is 1.81. The Kier molecular flexibility index (Phi) is 6.70. The van der Waals surface area contributed by atoms with Crippen LogP contribution in [0.5, 0.6) is 11.5 Å². The van der Waals surface area contributed by atoms with Crippen LogP contribution >= 0.6 is 11.3 Å². The van der Waals surface area contributed by atoms with Crippen LogP contribution in [0, 0.1) is 6.92 Å². The molecule has 0 bridgehead atoms. The molecule has 0 spiro atoms. The van der Waals surface area contributed by atoms with Crippen molar-refractivity contribution in [3.63, 3.8) is 0 Å². The standard InChI is InChI=1S/C26H26N2O5S/c1-6-33-25(30)22-16(3)27-26-28(23(22)18-9-7-8-10-19(18)31-4)24(29)21(34-26)14-17-12-11-15(2)20(13-17)32-5/h7-14,23H,6H2,1-5H3/b21-14+. The molecule has 0 aliphatic carbocycles. The number of carbonyl (C=O) groups is 1. The molecule has 176 valence electrons. The van der Waals surface area contributed by atoms with Crippen LogP contribution < -0.4 is 24.4 Å². The van der Waals surface area contributed by atoms with Crippen LogP contribution in [0.4, 0.5) is 0 Å². The molecule has 4 rings (SSSR count). The Labute approximate surface area is 201 Å². The molecule has 1 unspecified atom stereocenters. The van der Waals surface area contributed by atoms with Gasteiger partial charge in [-0.05, 0) is 50.1 Å². The Morgan fingerprint density at radius 2 is 1.85 bits per heavy atom. The summed E-state index contributed by atoms with van der Waals surface area (Å²) in [5.74, 6) is 0.813. The highest BCUT2D eigenvalue weighted by Gasteiger charge is 2.34. The van der Waals surface area contributed by atoms with Gasteiger partial charge in [0, 0.05) is 5.56 Å². The Hall–Kier alpha value is -3.65. The second-order valence-electron chi connectivity index (χ2n) is 7.77. The highest BCUT2D eigenvalue weighted by molar-refractivity contribution is 7.07. The SMILES string of the molecule is CCOC(=O)C1=C(C)N=c2s/c(=C/c3ccc(C)c(OC)c3)c(=O)n2C1c1ccccc1OC. The van der Waals surface area contributed by atoms with Crippen LogP contribution in [-0.4, -0.2) is 31.4 Å². The van der Waals surface area contributed by atoms with Crippen molar-refractivity contribution >= 4 is 23.4 Å². The first-order chi connectivity index (χ1) is 16.4. The third-order valence-corrected chi connectivity index (χ3v) is 6.66. The normalized spacial score (nSPS) is 15.6. The van der Waals surface area contributed by atoms with E-state index in [0.717, 1.165) is 16.9 Å². The number of thiazole rings is 1. The van der Waals surface area contributed by atoms with Gasteiger partial charge in [0.05, 0.1) is 36.6 Å². The van der Waals surface area contributed by atoms with Gasteiger partial charge in [-0.2, -0.15) is 0 Å². The fraction of sp³-hybridized carbons (Fsp3) is 0.269. The number of rotatable bonds is 6. The van der Waals surface area contributed by atoms with Crippen molar-refractivity contribution < 1.29 is 19.0 Å². The minimum atomic E-state index is -0.721. The molecular formula is C26H26N2O5S. The zero-order valence-electron chi connectivity index (χ0n) is 19.7. The molecule has 1 aliphatic rings. The van der Waals surface area contributed by atoms with Crippen molar-refractivity contribution in [2.75, 3.05) is 20.8 Å². The molecule has 1 aromatic heterocycles. The summed E-state index contributed by atoms with van der Waals surface area (Å²) >= 11 is 1.28. The lowest BCUT2D eigenvalue weighted by molar-refractivity contribution is -0.139. The maximum absolute atomic E-state index is 13.7. The molecule has 0 saturated carbocycles. The molecular weight excluding hydrogens is 452 g/mol. The van der Waals surface area contributed by atoms with E-state index in [2.05, 4.69) is 4.99 Å². The number of para-hydroxylation sites is 1. The zero-order valence-corrected chi connectivity index (χ0v) is 20.6. The summed E-state index contributed by atoms with van der Waals surface area (Å²) in [6.45, 7) is 5.69. The number of hydrogen-bond acceptors (Lipinski definition) is 7. The number of nitrogens with zero attached hydrogens (tertiary/aromatic N) is 2. The highest BCUT2D eigenvalue weighted by atomic mass is 32.1. The number of aromatic nitrogens is 1. The lowest BCUT2D eigenvalue weighted by Crippen LogP contribution is -2.40. The first-order valence-electron chi connectivity index (χ1n) is 10.9. The van der Waals surface area contributed by atoms with Crippen molar-refractivity contribution in [3.8, 4) is 11.5 Å². The van der Waals surface area contributed by atoms with Crippen LogP contribution in [0.2, 0.25) is 0 Å². The number of carbonyl (C=O) groups excluding carboxylic acids is 1. The van der Waals surface area contributed by atoms with Crippen molar-refractivity contribution in [2.45, 2.75) is 26.8 Å². The molecule has 0 N–H and O–H groups in total. The van der Waals surface area contributed by atoms with Crippen LogP contribution in [-0.2, 0) is 9.53 Å². The van der Waals surface area contributed by atoms with Gasteiger partial charge in [0.25, 0.3) is 5.56 Å². The number of ether oxygens (including phenoxy) is 3. The molecule has 34 heavy (non-hydrogen) atoms. The molecule has 8 heteroatoms. The summed E-state index contributed by atoms with van der Waals surface area (Å²) in [6, 6.07) is 12.4. The van der Waals surface area contributed by atoms with Crippen LogP contribution in [0.1, 0.15) is 36.6 Å². The van der Waals surface area contributed by atoms with Crippen molar-refractivity contribution in [1.82, 2.24) is 4.57 Å². The van der Waals surface area contributed by atoms with Gasteiger partial charge < -0.3 is 14.2 Å². The fourth-order valence-corrected chi connectivity index (χ4v) is 5.10. The number of allylic oxidation sites excluding steroid dienone is 1. The maximum Gasteiger partial charge on any atom is 0.338 e. The minimum absolute atomic E-state index is 0.216. The molecule has 0 saturated heterocycles. The Morgan fingerprint density at radius 1 is 1.12 bits per heavy atom. The second kappa shape index (κ2) is 9.69. The minimum Gasteiger partial charge on any atom is -0.496 e. The van der Waals surface area contributed by atoms with Gasteiger partial charge in [0.2, 0.25) is 0 Å². The average Bonchev–Trinajstić information content (AvgIpc) is 3.13. The van der Waals surface area contributed by atoms with Gasteiger partial charge in [0.15, 0.2) is 4.80 Å². The molecule has 1 atom stereocenters. The Bertz CT molecular complexity index is 1470. The summed E-state index contributed by atoms with van der Waals surface area (Å²) in [5, 5.41) is 0. The highest BCUT2D eigenvalue weighted by Crippen LogP contribution is 2.35. The first kappa shape index (κ1) is 23.5. The van der Waals surface area contributed by atoms with Crippen molar-refractivity contribution in [1.29, 1.82) is 0 Å². The molecule has 0 fully saturated rings. The van der Waals surface area contributed by atoms with Crippen molar-refractivity contribution in [3.05, 3.63) is 90.1 Å². The van der Waals surface area contributed by atoms with Crippen LogP contribution in [0.15, 0.2) is 63.5 Å². The maximum atomic E-state index is 13.7. The van der Waals surface area contributed by atoms with E-state index < -0.39 is 12.0 Å². The first-order valence-corrected chi connectivity index (χ1v) is 11.7. The van der Waals surface area contributed by atoms with Crippen molar-refractivity contribution in [2.24, 2.45) is 4.99 Å². The van der Waals surface area contributed by atoms with E-state index in [1.807, 2.05) is 55.5 Å². The number of hydrogen-bond donors (Lipinski definition) is 0. The fourth-order valence-electron chi connectivity index (χ4n) is 4.06. The number of esters is 1. The van der Waals surface area contributed by atoms with Gasteiger partial charge in [-0.25, -0.2) is 9.79 Å². The predicted octanol–water partition coefficient (Wildman–Crippen LogP) is 3.12. The Balaban J connectivity index is 1.97. The van der Waals surface area contributed by atoms with Crippen LogP contribution in [0.25, 0.3) is 6.08 Å². The molecule has 3 aromatic rings. The predicted molar refractivity (Wildman–Crippen MR) is 131 cm³/mol. The topological polar surface area (TPSA) is 79.1 Å². The number of aryl methyl sites for hydroxylation is 1. The van der Waals surface area contributed by atoms with Gasteiger partial charge in [-0.1, -0.05) is 41.7 Å². The lowest BCUT2D eigenvalue weighted by atomic mass is 9.95. The van der Waals surface area contributed by atoms with E-state index in [1.54, 1.807) is 32.6 Å². The molecule has 0 amide bonds. The molecule has 2 heterocycles. The summed E-state index contributed by atoms with van der Waals surface area (Å²) in [7, 11) is 3.18. The second-order valence-corrected chi connectivity index (χ2v) is 8.78. The van der Waals surface area contributed by atoms with E-state index >= 15 is 0 Å². The molecule has 1 aliphatic heterocycles. The number of fused-ring (bicyclic) bond motifs is 1. The molecule has 7 nitrogen and oxygen atoms in total. The van der Waals surface area contributed by atoms with E-state index in [1.165, 1.54) is 11.3 Å².